The van der Waals surface area contributed by atoms with E-state index in [4.69, 9.17) is 12.2 Å². The Morgan fingerprint density at radius 3 is 2.12 bits per heavy atom. The third-order valence-electron chi connectivity index (χ3n) is 7.11. The summed E-state index contributed by atoms with van der Waals surface area (Å²) >= 11 is 5.63. The Bertz CT molecular complexity index is 1120. The normalized spacial score (nSPS) is 18.6. The third kappa shape index (κ3) is 5.73. The number of rotatable bonds is 5. The first-order valence-electron chi connectivity index (χ1n) is 12.3. The molecule has 0 spiro atoms. The van der Waals surface area contributed by atoms with Crippen molar-refractivity contribution in [2.24, 2.45) is 11.8 Å². The van der Waals surface area contributed by atoms with Crippen LogP contribution in [0.4, 0.5) is 17.1 Å². The maximum atomic E-state index is 13.4. The highest BCUT2D eigenvalue weighted by Gasteiger charge is 2.29. The fraction of sp³-hybridized carbons (Fsp3) is 0.500. The van der Waals surface area contributed by atoms with Gasteiger partial charge in [0.1, 0.15) is 0 Å². The number of nitrogens with one attached hydrogen (secondary N) is 2. The molecule has 2 N–H and O–H groups in total. The first-order chi connectivity index (χ1) is 16.2. The summed E-state index contributed by atoms with van der Waals surface area (Å²) in [6.45, 7) is 9.54. The summed E-state index contributed by atoms with van der Waals surface area (Å²) in [5, 5.41) is 7.02. The van der Waals surface area contributed by atoms with Gasteiger partial charge in [-0.2, -0.15) is 4.31 Å². The molecule has 0 bridgehead atoms. The van der Waals surface area contributed by atoms with Crippen LogP contribution in [0.3, 0.4) is 0 Å². The zero-order valence-corrected chi connectivity index (χ0v) is 22.0. The number of thiocarbonyl (C=S) groups is 1. The molecule has 0 atom stereocenters. The number of hydrogen-bond donors (Lipinski definition) is 2. The minimum atomic E-state index is -3.55. The highest BCUT2D eigenvalue weighted by molar-refractivity contribution is 7.89. The molecule has 34 heavy (non-hydrogen) atoms. The Balaban J connectivity index is 1.62. The molecular weight excluding hydrogens is 464 g/mol. The second-order valence-electron chi connectivity index (χ2n) is 9.83. The van der Waals surface area contributed by atoms with Crippen LogP contribution in [-0.4, -0.2) is 44.0 Å². The molecule has 2 heterocycles. The quantitative estimate of drug-likeness (QED) is 0.532. The van der Waals surface area contributed by atoms with Gasteiger partial charge in [0.25, 0.3) is 0 Å². The zero-order valence-electron chi connectivity index (χ0n) is 20.4. The smallest absolute Gasteiger partial charge is 0.243 e. The molecule has 0 radical (unpaired) electrons. The first kappa shape index (κ1) is 24.9. The largest absolute Gasteiger partial charge is 0.370 e. The second-order valence-corrected chi connectivity index (χ2v) is 12.2. The lowest BCUT2D eigenvalue weighted by Gasteiger charge is -2.34. The van der Waals surface area contributed by atoms with Crippen molar-refractivity contribution in [2.75, 3.05) is 41.7 Å². The number of anilines is 3. The average Bonchev–Trinajstić information content (AvgIpc) is 2.81. The van der Waals surface area contributed by atoms with Crippen LogP contribution in [0.15, 0.2) is 47.4 Å². The van der Waals surface area contributed by atoms with E-state index in [1.807, 2.05) is 37.3 Å². The lowest BCUT2D eigenvalue weighted by atomic mass is 9.98. The Morgan fingerprint density at radius 2 is 1.47 bits per heavy atom. The van der Waals surface area contributed by atoms with E-state index in [0.29, 0.717) is 34.9 Å². The van der Waals surface area contributed by atoms with Gasteiger partial charge in [-0.15, -0.1) is 0 Å². The van der Waals surface area contributed by atoms with Crippen LogP contribution < -0.4 is 15.5 Å². The predicted octanol–water partition coefficient (Wildman–Crippen LogP) is 5.46. The monoisotopic (exact) mass is 500 g/mol. The summed E-state index contributed by atoms with van der Waals surface area (Å²) in [6, 6.07) is 13.4. The molecule has 2 aliphatic heterocycles. The predicted molar refractivity (Wildman–Crippen MR) is 145 cm³/mol. The molecule has 2 saturated heterocycles. The van der Waals surface area contributed by atoms with Gasteiger partial charge in [0, 0.05) is 31.9 Å². The van der Waals surface area contributed by atoms with Gasteiger partial charge in [0.15, 0.2) is 5.11 Å². The van der Waals surface area contributed by atoms with Crippen molar-refractivity contribution in [2.45, 2.75) is 51.3 Å². The van der Waals surface area contributed by atoms with E-state index in [2.05, 4.69) is 29.4 Å². The molecule has 184 valence electrons. The lowest BCUT2D eigenvalue weighted by Crippen LogP contribution is -2.38. The van der Waals surface area contributed by atoms with Gasteiger partial charge in [-0.05, 0) is 86.5 Å². The van der Waals surface area contributed by atoms with Crippen LogP contribution in [-0.2, 0) is 10.0 Å². The zero-order chi connectivity index (χ0) is 24.3. The maximum Gasteiger partial charge on any atom is 0.243 e. The van der Waals surface area contributed by atoms with E-state index in [1.54, 1.807) is 16.4 Å². The lowest BCUT2D eigenvalue weighted by molar-refractivity contribution is 0.288. The van der Waals surface area contributed by atoms with Gasteiger partial charge >= 0.3 is 0 Å². The molecule has 0 unspecified atom stereocenters. The van der Waals surface area contributed by atoms with Gasteiger partial charge in [0.05, 0.1) is 16.3 Å². The van der Waals surface area contributed by atoms with Crippen LogP contribution in [0.5, 0.6) is 0 Å². The van der Waals surface area contributed by atoms with Crippen LogP contribution in [0.25, 0.3) is 0 Å². The Hall–Kier alpha value is -2.16. The molecule has 2 aliphatic rings. The number of hydrogen-bond acceptors (Lipinski definition) is 4. The Morgan fingerprint density at radius 1 is 0.882 bits per heavy atom. The summed E-state index contributed by atoms with van der Waals surface area (Å²) in [5.74, 6) is 1.27. The van der Waals surface area contributed by atoms with Crippen molar-refractivity contribution in [3.63, 3.8) is 0 Å². The Labute approximate surface area is 209 Å². The standard InChI is InChI=1S/C26H36N4O2S2/c1-19-10-14-29(15-11-19)25-9-8-22(34(31,32)30-16-12-20(2)13-17-30)18-24(25)28-26(33)27-23-7-5-4-6-21(23)3/h4-9,18-20H,10-17H2,1-3H3,(H2,27,28,33). The molecular formula is C26H36N4O2S2. The molecule has 2 aromatic rings. The van der Waals surface area contributed by atoms with Gasteiger partial charge in [-0.3, -0.25) is 0 Å². The third-order valence-corrected chi connectivity index (χ3v) is 9.21. The van der Waals surface area contributed by atoms with Crippen LogP contribution in [0.2, 0.25) is 0 Å². The van der Waals surface area contributed by atoms with Crippen molar-refractivity contribution < 1.29 is 8.42 Å². The molecule has 0 aliphatic carbocycles. The van der Waals surface area contributed by atoms with Gasteiger partial charge in [0.2, 0.25) is 10.0 Å². The van der Waals surface area contributed by atoms with E-state index in [9.17, 15) is 8.42 Å². The summed E-state index contributed by atoms with van der Waals surface area (Å²) in [5.41, 5.74) is 3.74. The van der Waals surface area contributed by atoms with E-state index in [1.165, 1.54) is 0 Å². The van der Waals surface area contributed by atoms with Crippen molar-refractivity contribution in [1.29, 1.82) is 0 Å². The minimum Gasteiger partial charge on any atom is -0.370 e. The number of piperidine rings is 2. The molecule has 0 aromatic heterocycles. The Kier molecular flexibility index (Phi) is 7.80. The highest BCUT2D eigenvalue weighted by atomic mass is 32.2. The molecule has 4 rings (SSSR count). The fourth-order valence-electron chi connectivity index (χ4n) is 4.66. The van der Waals surface area contributed by atoms with E-state index >= 15 is 0 Å². The number of para-hydroxylation sites is 1. The maximum absolute atomic E-state index is 13.4. The minimum absolute atomic E-state index is 0.317. The summed E-state index contributed by atoms with van der Waals surface area (Å²) in [6.07, 6.45) is 4.05. The number of sulfonamides is 1. The number of benzene rings is 2. The van der Waals surface area contributed by atoms with Crippen molar-refractivity contribution in [1.82, 2.24) is 4.31 Å². The number of nitrogens with zero attached hydrogens (tertiary/aromatic N) is 2. The van der Waals surface area contributed by atoms with Crippen molar-refractivity contribution in [3.8, 4) is 0 Å². The summed E-state index contributed by atoms with van der Waals surface area (Å²) in [7, 11) is -3.55. The van der Waals surface area contributed by atoms with Crippen LogP contribution in [0.1, 0.15) is 45.1 Å². The second kappa shape index (κ2) is 10.6. The van der Waals surface area contributed by atoms with Crippen molar-refractivity contribution in [3.05, 3.63) is 48.0 Å². The van der Waals surface area contributed by atoms with E-state index < -0.39 is 10.0 Å². The van der Waals surface area contributed by atoms with E-state index in [-0.39, 0.29) is 0 Å². The molecule has 6 nitrogen and oxygen atoms in total. The number of aryl methyl sites for hydroxylation is 1. The van der Waals surface area contributed by atoms with Gasteiger partial charge in [-0.25, -0.2) is 8.42 Å². The van der Waals surface area contributed by atoms with Crippen LogP contribution >= 0.6 is 12.2 Å². The van der Waals surface area contributed by atoms with Crippen LogP contribution in [0, 0.1) is 18.8 Å². The molecule has 0 amide bonds. The molecule has 2 aromatic carbocycles. The summed E-state index contributed by atoms with van der Waals surface area (Å²) < 4.78 is 28.5. The topological polar surface area (TPSA) is 64.7 Å². The highest BCUT2D eigenvalue weighted by Crippen LogP contribution is 2.34. The summed E-state index contributed by atoms with van der Waals surface area (Å²) in [4.78, 5) is 2.65. The fourth-order valence-corrected chi connectivity index (χ4v) is 6.38. The molecule has 8 heteroatoms. The first-order valence-corrected chi connectivity index (χ1v) is 14.1. The molecule has 0 saturated carbocycles. The SMILES string of the molecule is Cc1ccccc1NC(=S)Nc1cc(S(=O)(=O)N2CCC(C)CC2)ccc1N1CCC(C)CC1. The molecule has 2 fully saturated rings. The van der Waals surface area contributed by atoms with Crippen molar-refractivity contribution >= 4 is 44.4 Å². The van der Waals surface area contributed by atoms with Gasteiger partial charge < -0.3 is 15.5 Å². The van der Waals surface area contributed by atoms with Gasteiger partial charge in [-0.1, -0.05) is 32.0 Å². The average molecular weight is 501 g/mol. The van der Waals surface area contributed by atoms with E-state index in [0.717, 1.165) is 61.4 Å².